The van der Waals surface area contributed by atoms with Gasteiger partial charge in [-0.05, 0) is 0 Å². The number of rotatable bonds is 3. The zero-order valence-corrected chi connectivity index (χ0v) is 9.22. The van der Waals surface area contributed by atoms with Gasteiger partial charge in [-0.25, -0.2) is 18.6 Å². The van der Waals surface area contributed by atoms with Gasteiger partial charge in [-0.1, -0.05) is 11.6 Å². The molecular weight excluding hydrogens is 244 g/mol. The van der Waals surface area contributed by atoms with E-state index in [-0.39, 0.29) is 10.9 Å². The number of carbonyl (C=O) groups is 1. The van der Waals surface area contributed by atoms with Gasteiger partial charge in [0.25, 0.3) is 6.43 Å². The molecule has 0 spiro atoms. The summed E-state index contributed by atoms with van der Waals surface area (Å²) in [6.07, 6.45) is -1.88. The van der Waals surface area contributed by atoms with Gasteiger partial charge in [0.05, 0.1) is 36.6 Å². The number of hydrogen-bond acceptors (Lipinski definition) is 4. The van der Waals surface area contributed by atoms with Crippen molar-refractivity contribution in [2.75, 3.05) is 14.2 Å². The quantitative estimate of drug-likeness (QED) is 0.775. The van der Waals surface area contributed by atoms with Gasteiger partial charge in [-0.2, -0.15) is 0 Å². The highest BCUT2D eigenvalue weighted by Gasteiger charge is 2.27. The molecule has 0 saturated heterocycles. The predicted molar refractivity (Wildman–Crippen MR) is 52.1 cm³/mol. The molecule has 88 valence electrons. The zero-order valence-electron chi connectivity index (χ0n) is 8.46. The third-order valence-electron chi connectivity index (χ3n) is 1.83. The monoisotopic (exact) mass is 251 g/mol. The molecule has 0 amide bonds. The molecule has 7 heteroatoms. The van der Waals surface area contributed by atoms with Crippen molar-refractivity contribution < 1.29 is 23.0 Å². The third kappa shape index (κ3) is 2.21. The van der Waals surface area contributed by atoms with Crippen molar-refractivity contribution in [3.63, 3.8) is 0 Å². The first-order chi connectivity index (χ1) is 7.52. The predicted octanol–water partition coefficient (Wildman–Crippen LogP) is 2.47. The number of esters is 1. The summed E-state index contributed by atoms with van der Waals surface area (Å²) in [4.78, 5) is 14.9. The SMILES string of the molecule is COC(=O)c1c(Cl)cnc(OC)c1C(F)F. The number of halogens is 3. The molecule has 0 N–H and O–H groups in total. The summed E-state index contributed by atoms with van der Waals surface area (Å²) in [6, 6.07) is 0. The van der Waals surface area contributed by atoms with Gasteiger partial charge in [0.1, 0.15) is 0 Å². The lowest BCUT2D eigenvalue weighted by Crippen LogP contribution is -2.10. The summed E-state index contributed by atoms with van der Waals surface area (Å²) >= 11 is 5.62. The number of carbonyl (C=O) groups excluding carboxylic acids is 1. The van der Waals surface area contributed by atoms with E-state index in [1.54, 1.807) is 0 Å². The number of nitrogens with zero attached hydrogens (tertiary/aromatic N) is 1. The van der Waals surface area contributed by atoms with Gasteiger partial charge >= 0.3 is 5.97 Å². The topological polar surface area (TPSA) is 48.4 Å². The standard InChI is InChI=1S/C9H8ClF2NO3/c1-15-8-6(7(11)12)5(9(14)16-2)4(10)3-13-8/h3,7H,1-2H3. The van der Waals surface area contributed by atoms with Crippen molar-refractivity contribution in [1.29, 1.82) is 0 Å². The van der Waals surface area contributed by atoms with Gasteiger partial charge in [0.2, 0.25) is 5.88 Å². The van der Waals surface area contributed by atoms with Gasteiger partial charge in [0.15, 0.2) is 0 Å². The summed E-state index contributed by atoms with van der Waals surface area (Å²) in [7, 11) is 2.24. The van der Waals surface area contributed by atoms with Crippen LogP contribution in [0.1, 0.15) is 22.3 Å². The molecule has 0 radical (unpaired) electrons. The summed E-state index contributed by atoms with van der Waals surface area (Å²) in [5.41, 5.74) is -1.09. The molecule has 0 fully saturated rings. The molecular formula is C9H8ClF2NO3. The fourth-order valence-electron chi connectivity index (χ4n) is 1.16. The molecule has 0 aliphatic rings. The lowest BCUT2D eigenvalue weighted by Gasteiger charge is -2.11. The highest BCUT2D eigenvalue weighted by Crippen LogP contribution is 2.34. The summed E-state index contributed by atoms with van der Waals surface area (Å²) < 4.78 is 34.5. The molecule has 0 unspecified atom stereocenters. The van der Waals surface area contributed by atoms with Crippen LogP contribution in [-0.2, 0) is 4.74 Å². The Bertz CT molecular complexity index is 412. The molecule has 1 rings (SSSR count). The third-order valence-corrected chi connectivity index (χ3v) is 2.12. The van der Waals surface area contributed by atoms with E-state index >= 15 is 0 Å². The number of ether oxygens (including phenoxy) is 2. The Kier molecular flexibility index (Phi) is 4.00. The lowest BCUT2D eigenvalue weighted by atomic mass is 10.1. The molecule has 1 aromatic rings. The Morgan fingerprint density at radius 2 is 2.12 bits per heavy atom. The molecule has 16 heavy (non-hydrogen) atoms. The minimum atomic E-state index is -2.93. The number of aromatic nitrogens is 1. The van der Waals surface area contributed by atoms with E-state index in [1.165, 1.54) is 7.11 Å². The molecule has 4 nitrogen and oxygen atoms in total. The van der Waals surface area contributed by atoms with Crippen LogP contribution in [0.15, 0.2) is 6.20 Å². The Balaban J connectivity index is 3.48. The van der Waals surface area contributed by atoms with Crippen LogP contribution in [-0.4, -0.2) is 25.2 Å². The summed E-state index contributed by atoms with van der Waals surface area (Å²) in [5.74, 6) is -1.30. The normalized spacial score (nSPS) is 10.4. The minimum Gasteiger partial charge on any atom is -0.481 e. The van der Waals surface area contributed by atoms with Crippen LogP contribution < -0.4 is 4.74 Å². The van der Waals surface area contributed by atoms with Crippen LogP contribution in [0, 0.1) is 0 Å². The van der Waals surface area contributed by atoms with E-state index < -0.39 is 23.5 Å². The fraction of sp³-hybridized carbons (Fsp3) is 0.333. The van der Waals surface area contributed by atoms with E-state index in [9.17, 15) is 13.6 Å². The van der Waals surface area contributed by atoms with Gasteiger partial charge in [-0.3, -0.25) is 0 Å². The first-order valence-corrected chi connectivity index (χ1v) is 4.49. The van der Waals surface area contributed by atoms with Crippen molar-refractivity contribution in [3.8, 4) is 5.88 Å². The molecule has 1 aromatic heterocycles. The van der Waals surface area contributed by atoms with Gasteiger partial charge in [0, 0.05) is 0 Å². The second-order valence-corrected chi connectivity index (χ2v) is 3.10. The fourth-order valence-corrected chi connectivity index (χ4v) is 1.39. The molecule has 0 bridgehead atoms. The molecule has 0 aromatic carbocycles. The van der Waals surface area contributed by atoms with Crippen molar-refractivity contribution in [2.24, 2.45) is 0 Å². The number of alkyl halides is 2. The van der Waals surface area contributed by atoms with Crippen LogP contribution in [0.4, 0.5) is 8.78 Å². The average Bonchev–Trinajstić information content (AvgIpc) is 2.27. The van der Waals surface area contributed by atoms with Crippen LogP contribution in [0.3, 0.4) is 0 Å². The minimum absolute atomic E-state index is 0.206. The van der Waals surface area contributed by atoms with E-state index in [0.717, 1.165) is 13.3 Å². The van der Waals surface area contributed by atoms with E-state index in [1.807, 2.05) is 0 Å². The number of methoxy groups -OCH3 is 2. The zero-order chi connectivity index (χ0) is 12.3. The summed E-state index contributed by atoms with van der Waals surface area (Å²) in [6.45, 7) is 0. The Morgan fingerprint density at radius 3 is 2.56 bits per heavy atom. The Hall–Kier alpha value is -1.43. The van der Waals surface area contributed by atoms with Crippen molar-refractivity contribution in [2.45, 2.75) is 6.43 Å². The summed E-state index contributed by atoms with van der Waals surface area (Å²) in [5, 5.41) is -0.206. The molecule has 0 aliphatic heterocycles. The van der Waals surface area contributed by atoms with Crippen molar-refractivity contribution in [3.05, 3.63) is 22.3 Å². The van der Waals surface area contributed by atoms with Crippen molar-refractivity contribution >= 4 is 17.6 Å². The number of hydrogen-bond donors (Lipinski definition) is 0. The van der Waals surface area contributed by atoms with Gasteiger partial charge in [-0.15, -0.1) is 0 Å². The molecule has 0 saturated carbocycles. The Labute approximate surface area is 95.1 Å². The highest BCUT2D eigenvalue weighted by atomic mass is 35.5. The van der Waals surface area contributed by atoms with Crippen molar-refractivity contribution in [1.82, 2.24) is 4.98 Å². The number of pyridine rings is 1. The van der Waals surface area contributed by atoms with Crippen LogP contribution in [0.25, 0.3) is 0 Å². The van der Waals surface area contributed by atoms with Gasteiger partial charge < -0.3 is 9.47 Å². The maximum Gasteiger partial charge on any atom is 0.340 e. The first kappa shape index (κ1) is 12.6. The van der Waals surface area contributed by atoms with Crippen LogP contribution >= 0.6 is 11.6 Å². The second-order valence-electron chi connectivity index (χ2n) is 2.70. The highest BCUT2D eigenvalue weighted by molar-refractivity contribution is 6.33. The van der Waals surface area contributed by atoms with E-state index in [4.69, 9.17) is 11.6 Å². The second kappa shape index (κ2) is 5.07. The van der Waals surface area contributed by atoms with E-state index in [2.05, 4.69) is 14.5 Å². The maximum absolute atomic E-state index is 12.8. The Morgan fingerprint density at radius 1 is 1.50 bits per heavy atom. The van der Waals surface area contributed by atoms with Crippen LogP contribution in [0.5, 0.6) is 5.88 Å². The largest absolute Gasteiger partial charge is 0.481 e. The first-order valence-electron chi connectivity index (χ1n) is 4.11. The van der Waals surface area contributed by atoms with E-state index in [0.29, 0.717) is 0 Å². The molecule has 0 aliphatic carbocycles. The molecule has 1 heterocycles. The maximum atomic E-state index is 12.8. The van der Waals surface area contributed by atoms with Crippen LogP contribution in [0.2, 0.25) is 5.02 Å². The smallest absolute Gasteiger partial charge is 0.340 e. The average molecular weight is 252 g/mol. The lowest BCUT2D eigenvalue weighted by molar-refractivity contribution is 0.0587. The molecule has 0 atom stereocenters.